The third kappa shape index (κ3) is 1.68. The topological polar surface area (TPSA) is 43.8 Å². The molecule has 18 heavy (non-hydrogen) atoms. The average molecular weight is 246 g/mol. The Labute approximate surface area is 107 Å². The number of carbonyl (C=O) groups is 1. The molecule has 0 bridgehead atoms. The lowest BCUT2D eigenvalue weighted by Gasteiger charge is -2.39. The third-order valence-corrected chi connectivity index (χ3v) is 3.97. The van der Waals surface area contributed by atoms with E-state index in [1.54, 1.807) is 9.80 Å². The second kappa shape index (κ2) is 4.28. The summed E-state index contributed by atoms with van der Waals surface area (Å²) in [4.78, 5) is 15.9. The van der Waals surface area contributed by atoms with E-state index >= 15 is 0 Å². The molecule has 1 aliphatic heterocycles. The second-order valence-corrected chi connectivity index (χ2v) is 5.20. The molecule has 1 N–H and O–H groups in total. The number of carbonyl (C=O) groups excluding carboxylic acids is 1. The fourth-order valence-corrected chi connectivity index (χ4v) is 3.03. The summed E-state index contributed by atoms with van der Waals surface area (Å²) in [5.41, 5.74) is 2.12. The highest BCUT2D eigenvalue weighted by molar-refractivity contribution is 5.95. The largest absolute Gasteiger partial charge is 0.391 e. The molecule has 1 aliphatic carbocycles. The molecule has 3 rings (SSSR count). The maximum Gasteiger partial charge on any atom is 0.324 e. The predicted molar refractivity (Wildman–Crippen MR) is 69.4 cm³/mol. The van der Waals surface area contributed by atoms with Crippen molar-refractivity contribution in [1.82, 2.24) is 4.90 Å². The van der Waals surface area contributed by atoms with Crippen LogP contribution < -0.4 is 4.90 Å². The van der Waals surface area contributed by atoms with Crippen LogP contribution in [0, 0.1) is 0 Å². The van der Waals surface area contributed by atoms with Gasteiger partial charge in [-0.15, -0.1) is 0 Å². The lowest BCUT2D eigenvalue weighted by molar-refractivity contribution is 0.153. The molecule has 1 fully saturated rings. The molecule has 2 amide bonds. The van der Waals surface area contributed by atoms with E-state index in [0.717, 1.165) is 30.5 Å². The minimum absolute atomic E-state index is 0.000324. The molecule has 0 saturated heterocycles. The molecular weight excluding hydrogens is 228 g/mol. The zero-order chi connectivity index (χ0) is 12.7. The van der Waals surface area contributed by atoms with Gasteiger partial charge >= 0.3 is 6.03 Å². The summed E-state index contributed by atoms with van der Waals surface area (Å²) < 4.78 is 0. The van der Waals surface area contributed by atoms with Gasteiger partial charge in [0.1, 0.15) is 0 Å². The van der Waals surface area contributed by atoms with Gasteiger partial charge in [0.25, 0.3) is 0 Å². The SMILES string of the molecule is CN1Cc2ccccc2N([C@H]2CCC[C@@H]2O)C1=O. The molecule has 4 nitrogen and oxygen atoms in total. The van der Waals surface area contributed by atoms with Crippen molar-refractivity contribution >= 4 is 11.7 Å². The van der Waals surface area contributed by atoms with Crippen molar-refractivity contribution in [3.05, 3.63) is 29.8 Å². The van der Waals surface area contributed by atoms with Crippen molar-refractivity contribution < 1.29 is 9.90 Å². The minimum Gasteiger partial charge on any atom is -0.391 e. The van der Waals surface area contributed by atoms with E-state index in [0.29, 0.717) is 6.54 Å². The molecule has 0 spiro atoms. The van der Waals surface area contributed by atoms with Crippen LogP contribution >= 0.6 is 0 Å². The highest BCUT2D eigenvalue weighted by atomic mass is 16.3. The Balaban J connectivity index is 2.03. The molecule has 96 valence electrons. The van der Waals surface area contributed by atoms with Gasteiger partial charge in [0.2, 0.25) is 0 Å². The van der Waals surface area contributed by atoms with Gasteiger partial charge in [0.15, 0.2) is 0 Å². The first-order valence-corrected chi connectivity index (χ1v) is 6.49. The van der Waals surface area contributed by atoms with Crippen molar-refractivity contribution in [1.29, 1.82) is 0 Å². The first-order valence-electron chi connectivity index (χ1n) is 6.49. The Morgan fingerprint density at radius 3 is 2.78 bits per heavy atom. The van der Waals surface area contributed by atoms with Crippen LogP contribution in [-0.2, 0) is 6.54 Å². The number of rotatable bonds is 1. The van der Waals surface area contributed by atoms with Gasteiger partial charge in [0, 0.05) is 13.6 Å². The van der Waals surface area contributed by atoms with Crippen LogP contribution in [0.5, 0.6) is 0 Å². The van der Waals surface area contributed by atoms with Crippen LogP contribution in [0.25, 0.3) is 0 Å². The summed E-state index contributed by atoms with van der Waals surface area (Å²) in [6, 6.07) is 7.90. The Morgan fingerprint density at radius 2 is 2.06 bits per heavy atom. The lowest BCUT2D eigenvalue weighted by atomic mass is 10.1. The molecule has 1 aromatic carbocycles. The molecular formula is C14H18N2O2. The highest BCUT2D eigenvalue weighted by Gasteiger charge is 2.38. The predicted octanol–water partition coefficient (Wildman–Crippen LogP) is 1.97. The van der Waals surface area contributed by atoms with Gasteiger partial charge in [-0.25, -0.2) is 4.79 Å². The maximum atomic E-state index is 12.4. The molecule has 2 aliphatic rings. The van der Waals surface area contributed by atoms with Crippen LogP contribution in [0.15, 0.2) is 24.3 Å². The van der Waals surface area contributed by atoms with E-state index in [1.807, 2.05) is 31.3 Å². The van der Waals surface area contributed by atoms with Crippen molar-refractivity contribution in [3.8, 4) is 0 Å². The Kier molecular flexibility index (Phi) is 2.74. The summed E-state index contributed by atoms with van der Waals surface area (Å²) in [5.74, 6) is 0. The van der Waals surface area contributed by atoms with Crippen LogP contribution in [0.1, 0.15) is 24.8 Å². The smallest absolute Gasteiger partial charge is 0.324 e. The number of anilines is 1. The van der Waals surface area contributed by atoms with Crippen LogP contribution in [0.4, 0.5) is 10.5 Å². The summed E-state index contributed by atoms with van der Waals surface area (Å²) in [6.07, 6.45) is 2.27. The Morgan fingerprint density at radius 1 is 1.28 bits per heavy atom. The van der Waals surface area contributed by atoms with Crippen molar-refractivity contribution in [2.45, 2.75) is 38.0 Å². The average Bonchev–Trinajstić information content (AvgIpc) is 2.77. The number of urea groups is 1. The minimum atomic E-state index is -0.395. The molecule has 1 heterocycles. The molecule has 0 aromatic heterocycles. The summed E-state index contributed by atoms with van der Waals surface area (Å²) in [5, 5.41) is 10.1. The van der Waals surface area contributed by atoms with Crippen molar-refractivity contribution in [2.75, 3.05) is 11.9 Å². The van der Waals surface area contributed by atoms with Crippen LogP contribution in [0.3, 0.4) is 0 Å². The number of nitrogens with zero attached hydrogens (tertiary/aromatic N) is 2. The standard InChI is InChI=1S/C14H18N2O2/c1-15-9-10-5-2-3-6-11(10)16(14(15)18)12-7-4-8-13(12)17/h2-3,5-6,12-13,17H,4,7-9H2,1H3/t12-,13-/m0/s1. The van der Waals surface area contributed by atoms with E-state index in [4.69, 9.17) is 0 Å². The van der Waals surface area contributed by atoms with E-state index in [-0.39, 0.29) is 12.1 Å². The van der Waals surface area contributed by atoms with Gasteiger partial charge in [-0.1, -0.05) is 18.2 Å². The molecule has 2 atom stereocenters. The second-order valence-electron chi connectivity index (χ2n) is 5.20. The van der Waals surface area contributed by atoms with Crippen LogP contribution in [-0.4, -0.2) is 35.2 Å². The van der Waals surface area contributed by atoms with Gasteiger partial charge in [0.05, 0.1) is 17.8 Å². The third-order valence-electron chi connectivity index (χ3n) is 3.97. The fraction of sp³-hybridized carbons (Fsp3) is 0.500. The molecule has 0 unspecified atom stereocenters. The van der Waals surface area contributed by atoms with E-state index in [1.165, 1.54) is 0 Å². The lowest BCUT2D eigenvalue weighted by Crippen LogP contribution is -2.52. The van der Waals surface area contributed by atoms with Gasteiger partial charge < -0.3 is 10.0 Å². The molecule has 1 aromatic rings. The van der Waals surface area contributed by atoms with Gasteiger partial charge in [-0.05, 0) is 30.9 Å². The first kappa shape index (κ1) is 11.5. The fourth-order valence-electron chi connectivity index (χ4n) is 3.03. The summed E-state index contributed by atoms with van der Waals surface area (Å²) >= 11 is 0. The van der Waals surface area contributed by atoms with E-state index in [9.17, 15) is 9.90 Å². The quantitative estimate of drug-likeness (QED) is 0.823. The van der Waals surface area contributed by atoms with Gasteiger partial charge in [-0.3, -0.25) is 4.90 Å². The Hall–Kier alpha value is -1.55. The zero-order valence-electron chi connectivity index (χ0n) is 10.5. The van der Waals surface area contributed by atoms with Crippen LogP contribution in [0.2, 0.25) is 0 Å². The Bertz CT molecular complexity index is 475. The van der Waals surface area contributed by atoms with Crippen molar-refractivity contribution in [3.63, 3.8) is 0 Å². The summed E-state index contributed by atoms with van der Waals surface area (Å²) in [7, 11) is 1.81. The number of benzene rings is 1. The van der Waals surface area contributed by atoms with Crippen molar-refractivity contribution in [2.24, 2.45) is 0 Å². The normalized spacial score (nSPS) is 27.6. The monoisotopic (exact) mass is 246 g/mol. The maximum absolute atomic E-state index is 12.4. The number of hydrogen-bond donors (Lipinski definition) is 1. The number of para-hydroxylation sites is 1. The zero-order valence-corrected chi connectivity index (χ0v) is 10.5. The molecule has 4 heteroatoms. The first-order chi connectivity index (χ1) is 8.68. The number of fused-ring (bicyclic) bond motifs is 1. The van der Waals surface area contributed by atoms with Gasteiger partial charge in [-0.2, -0.15) is 0 Å². The van der Waals surface area contributed by atoms with E-state index in [2.05, 4.69) is 0 Å². The number of aliphatic hydroxyl groups is 1. The molecule has 1 saturated carbocycles. The highest BCUT2D eigenvalue weighted by Crippen LogP contribution is 2.34. The number of amides is 2. The number of hydrogen-bond acceptors (Lipinski definition) is 2. The number of aliphatic hydroxyl groups excluding tert-OH is 1. The van der Waals surface area contributed by atoms with E-state index < -0.39 is 6.10 Å². The molecule has 0 radical (unpaired) electrons. The summed E-state index contributed by atoms with van der Waals surface area (Å²) in [6.45, 7) is 0.647.